The van der Waals surface area contributed by atoms with Gasteiger partial charge < -0.3 is 10.1 Å². The van der Waals surface area contributed by atoms with Gasteiger partial charge in [-0.1, -0.05) is 25.4 Å². The third-order valence-corrected chi connectivity index (χ3v) is 2.86. The Hall–Kier alpha value is -0.960. The average molecular weight is 216 g/mol. The smallest absolute Gasteiger partial charge is 0.339 e. The van der Waals surface area contributed by atoms with Gasteiger partial charge in [0.1, 0.15) is 0 Å². The lowest BCUT2D eigenvalue weighted by Crippen LogP contribution is -1.97. The molecule has 3 nitrogen and oxygen atoms in total. The van der Waals surface area contributed by atoms with Crippen LogP contribution in [0.1, 0.15) is 47.9 Å². The molecule has 1 atom stereocenters. The first-order chi connectivity index (χ1) is 6.49. The molecule has 0 saturated carbocycles. The third kappa shape index (κ3) is 1.77. The van der Waals surface area contributed by atoms with Crippen LogP contribution < -0.4 is 0 Å². The molecule has 0 fully saturated rings. The Labute approximate surface area is 88.1 Å². The third-order valence-electron chi connectivity index (χ3n) is 2.47. The van der Waals surface area contributed by atoms with Crippen LogP contribution in [0.2, 0.25) is 5.02 Å². The van der Waals surface area contributed by atoms with Gasteiger partial charge in [0.2, 0.25) is 0 Å². The van der Waals surface area contributed by atoms with Gasteiger partial charge in [0, 0.05) is 11.4 Å². The van der Waals surface area contributed by atoms with E-state index in [1.54, 1.807) is 6.92 Å². The first kappa shape index (κ1) is 11.1. The Morgan fingerprint density at radius 2 is 2.21 bits per heavy atom. The number of hydrogen-bond donors (Lipinski definition) is 2. The van der Waals surface area contributed by atoms with E-state index in [-0.39, 0.29) is 11.5 Å². The normalized spacial score (nSPS) is 12.9. The summed E-state index contributed by atoms with van der Waals surface area (Å²) in [7, 11) is 0. The second-order valence-corrected chi connectivity index (χ2v) is 3.85. The fraction of sp³-hybridized carbons (Fsp3) is 0.500. The molecule has 1 unspecified atom stereocenters. The Morgan fingerprint density at radius 3 is 2.57 bits per heavy atom. The highest BCUT2D eigenvalue weighted by Crippen LogP contribution is 2.31. The highest BCUT2D eigenvalue weighted by molar-refractivity contribution is 6.34. The number of halogens is 1. The molecule has 14 heavy (non-hydrogen) atoms. The standard InChI is InChI=1S/C10H14ClNO2/c1-4-5(2)9-8(11)7(10(13)14)6(3)12-9/h5,12H,4H2,1-3H3,(H,13,14). The lowest BCUT2D eigenvalue weighted by atomic mass is 10.1. The minimum Gasteiger partial charge on any atom is -0.478 e. The summed E-state index contributed by atoms with van der Waals surface area (Å²) in [5, 5.41) is 9.26. The molecule has 0 aromatic carbocycles. The lowest BCUT2D eigenvalue weighted by Gasteiger charge is -2.06. The molecule has 0 radical (unpaired) electrons. The zero-order chi connectivity index (χ0) is 10.9. The molecule has 1 aromatic heterocycles. The number of hydrogen-bond acceptors (Lipinski definition) is 1. The number of aryl methyl sites for hydroxylation is 1. The highest BCUT2D eigenvalue weighted by atomic mass is 35.5. The van der Waals surface area contributed by atoms with Crippen molar-refractivity contribution in [1.29, 1.82) is 0 Å². The zero-order valence-corrected chi connectivity index (χ0v) is 9.27. The topological polar surface area (TPSA) is 53.1 Å². The molecule has 1 heterocycles. The summed E-state index contributed by atoms with van der Waals surface area (Å²) in [6, 6.07) is 0. The fourth-order valence-electron chi connectivity index (χ4n) is 1.42. The number of carboxylic acids is 1. The van der Waals surface area contributed by atoms with Gasteiger partial charge in [0.25, 0.3) is 0 Å². The predicted octanol–water partition coefficient (Wildman–Crippen LogP) is 3.19. The van der Waals surface area contributed by atoms with Crippen molar-refractivity contribution in [3.63, 3.8) is 0 Å². The number of carbonyl (C=O) groups is 1. The van der Waals surface area contributed by atoms with E-state index in [1.807, 2.05) is 13.8 Å². The molecule has 0 bridgehead atoms. The number of rotatable bonds is 3. The summed E-state index contributed by atoms with van der Waals surface area (Å²) in [6.45, 7) is 5.78. The Morgan fingerprint density at radius 1 is 1.64 bits per heavy atom. The van der Waals surface area contributed by atoms with E-state index in [0.717, 1.165) is 12.1 Å². The predicted molar refractivity (Wildman–Crippen MR) is 56.2 cm³/mol. The molecule has 78 valence electrons. The maximum absolute atomic E-state index is 10.9. The quantitative estimate of drug-likeness (QED) is 0.814. The van der Waals surface area contributed by atoms with Crippen LogP contribution in [0.3, 0.4) is 0 Å². The van der Waals surface area contributed by atoms with Gasteiger partial charge in [-0.15, -0.1) is 0 Å². The molecule has 0 aliphatic carbocycles. The monoisotopic (exact) mass is 215 g/mol. The molecule has 1 aromatic rings. The summed E-state index contributed by atoms with van der Waals surface area (Å²) in [6.07, 6.45) is 0.929. The minimum absolute atomic E-state index is 0.196. The molecular weight excluding hydrogens is 202 g/mol. The van der Waals surface area contributed by atoms with E-state index >= 15 is 0 Å². The van der Waals surface area contributed by atoms with Gasteiger partial charge in [-0.2, -0.15) is 0 Å². The minimum atomic E-state index is -0.974. The van der Waals surface area contributed by atoms with Gasteiger partial charge in [-0.3, -0.25) is 0 Å². The summed E-state index contributed by atoms with van der Waals surface area (Å²) < 4.78 is 0. The molecule has 4 heteroatoms. The van der Waals surface area contributed by atoms with Crippen LogP contribution in [0.4, 0.5) is 0 Å². The summed E-state index contributed by atoms with van der Waals surface area (Å²) in [5.74, 6) is -0.715. The van der Waals surface area contributed by atoms with Crippen molar-refractivity contribution in [2.75, 3.05) is 0 Å². The van der Waals surface area contributed by atoms with E-state index in [2.05, 4.69) is 4.98 Å². The van der Waals surface area contributed by atoms with Gasteiger partial charge in [-0.25, -0.2) is 4.79 Å². The molecular formula is C10H14ClNO2. The van der Waals surface area contributed by atoms with Crippen LogP contribution >= 0.6 is 11.6 Å². The van der Waals surface area contributed by atoms with E-state index in [0.29, 0.717) is 10.7 Å². The van der Waals surface area contributed by atoms with Gasteiger partial charge >= 0.3 is 5.97 Å². The number of aromatic nitrogens is 1. The largest absolute Gasteiger partial charge is 0.478 e. The van der Waals surface area contributed by atoms with E-state index in [1.165, 1.54) is 0 Å². The van der Waals surface area contributed by atoms with E-state index < -0.39 is 5.97 Å². The van der Waals surface area contributed by atoms with Crippen LogP contribution in [-0.2, 0) is 0 Å². The second kappa shape index (κ2) is 4.05. The second-order valence-electron chi connectivity index (χ2n) is 3.47. The molecule has 2 N–H and O–H groups in total. The highest BCUT2D eigenvalue weighted by Gasteiger charge is 2.21. The Balaban J connectivity index is 3.23. The average Bonchev–Trinajstić information content (AvgIpc) is 2.40. The molecule has 1 rings (SSSR count). The lowest BCUT2D eigenvalue weighted by molar-refractivity contribution is 0.0696. The molecule has 0 aliphatic rings. The molecule has 0 amide bonds. The van der Waals surface area contributed by atoms with Gasteiger partial charge in [0.05, 0.1) is 10.6 Å². The van der Waals surface area contributed by atoms with Crippen molar-refractivity contribution < 1.29 is 9.90 Å². The van der Waals surface area contributed by atoms with E-state index in [4.69, 9.17) is 16.7 Å². The van der Waals surface area contributed by atoms with E-state index in [9.17, 15) is 4.79 Å². The van der Waals surface area contributed by atoms with Crippen LogP contribution in [0.25, 0.3) is 0 Å². The number of aromatic carboxylic acids is 1. The van der Waals surface area contributed by atoms with Crippen molar-refractivity contribution in [3.05, 3.63) is 22.0 Å². The summed E-state index contributed by atoms with van der Waals surface area (Å²) >= 11 is 5.99. The van der Waals surface area contributed by atoms with Gasteiger partial charge in [0.15, 0.2) is 0 Å². The molecule has 0 aliphatic heterocycles. The maximum Gasteiger partial charge on any atom is 0.339 e. The summed E-state index contributed by atoms with van der Waals surface area (Å²) in [4.78, 5) is 13.9. The first-order valence-electron chi connectivity index (χ1n) is 4.60. The Bertz CT molecular complexity index is 357. The van der Waals surface area contributed by atoms with Crippen molar-refractivity contribution in [2.45, 2.75) is 33.1 Å². The zero-order valence-electron chi connectivity index (χ0n) is 8.52. The fourth-order valence-corrected chi connectivity index (χ4v) is 1.87. The maximum atomic E-state index is 10.9. The van der Waals surface area contributed by atoms with Crippen LogP contribution in [0, 0.1) is 6.92 Å². The number of nitrogens with one attached hydrogen (secondary N) is 1. The van der Waals surface area contributed by atoms with Crippen molar-refractivity contribution in [1.82, 2.24) is 4.98 Å². The van der Waals surface area contributed by atoms with Crippen molar-refractivity contribution in [2.24, 2.45) is 0 Å². The number of carboxylic acid groups (broad SMARTS) is 1. The number of H-pyrrole nitrogens is 1. The van der Waals surface area contributed by atoms with Crippen LogP contribution in [-0.4, -0.2) is 16.1 Å². The molecule has 0 saturated heterocycles. The summed E-state index contributed by atoms with van der Waals surface area (Å²) in [5.41, 5.74) is 1.64. The van der Waals surface area contributed by atoms with Crippen molar-refractivity contribution in [3.8, 4) is 0 Å². The number of aromatic amines is 1. The molecule has 0 spiro atoms. The first-order valence-corrected chi connectivity index (χ1v) is 4.98. The van der Waals surface area contributed by atoms with Crippen molar-refractivity contribution >= 4 is 17.6 Å². The van der Waals surface area contributed by atoms with Crippen LogP contribution in [0.15, 0.2) is 0 Å². The van der Waals surface area contributed by atoms with Gasteiger partial charge in [-0.05, 0) is 19.3 Å². The Kier molecular flexibility index (Phi) is 3.21. The SMILES string of the molecule is CCC(C)c1[nH]c(C)c(C(=O)O)c1Cl. The van der Waals surface area contributed by atoms with Crippen LogP contribution in [0.5, 0.6) is 0 Å².